The molecule has 0 saturated carbocycles. The molecule has 0 aliphatic heterocycles. The first-order chi connectivity index (χ1) is 9.16. The highest BCUT2D eigenvalue weighted by atomic mass is 16.2. The summed E-state index contributed by atoms with van der Waals surface area (Å²) in [6.45, 7) is 0. The first-order valence-electron chi connectivity index (χ1n) is 6.37. The van der Waals surface area contributed by atoms with E-state index in [9.17, 15) is 4.79 Å². The number of aryl methyl sites for hydroxylation is 1. The van der Waals surface area contributed by atoms with E-state index in [1.54, 1.807) is 25.2 Å². The molecule has 0 saturated heterocycles. The predicted octanol–water partition coefficient (Wildman–Crippen LogP) is 2.77. The summed E-state index contributed by atoms with van der Waals surface area (Å²) in [4.78, 5) is 17.5. The van der Waals surface area contributed by atoms with Gasteiger partial charge in [-0.3, -0.25) is 9.78 Å². The van der Waals surface area contributed by atoms with Gasteiger partial charge in [0, 0.05) is 32.4 Å². The van der Waals surface area contributed by atoms with Crippen LogP contribution in [-0.4, -0.2) is 29.9 Å². The van der Waals surface area contributed by atoms with Crippen molar-refractivity contribution in [1.29, 1.82) is 0 Å². The Kier molecular flexibility index (Phi) is 4.29. The van der Waals surface area contributed by atoms with Crippen LogP contribution in [0.2, 0.25) is 0 Å². The highest BCUT2D eigenvalue weighted by molar-refractivity contribution is 5.75. The number of rotatable bonds is 4. The van der Waals surface area contributed by atoms with Crippen LogP contribution in [0.1, 0.15) is 12.1 Å². The van der Waals surface area contributed by atoms with Gasteiger partial charge in [-0.25, -0.2) is 0 Å². The van der Waals surface area contributed by atoms with Gasteiger partial charge in [0.25, 0.3) is 0 Å². The summed E-state index contributed by atoms with van der Waals surface area (Å²) in [7, 11) is 3.55. The van der Waals surface area contributed by atoms with Gasteiger partial charge in [0.15, 0.2) is 0 Å². The number of pyridine rings is 1. The molecule has 0 fully saturated rings. The Labute approximate surface area is 113 Å². The third-order valence-corrected chi connectivity index (χ3v) is 3.02. The van der Waals surface area contributed by atoms with Gasteiger partial charge < -0.3 is 4.90 Å². The van der Waals surface area contributed by atoms with E-state index >= 15 is 0 Å². The smallest absolute Gasteiger partial charge is 0.222 e. The highest BCUT2D eigenvalue weighted by Crippen LogP contribution is 2.19. The molecule has 0 spiro atoms. The topological polar surface area (TPSA) is 33.2 Å². The Balaban J connectivity index is 2.10. The summed E-state index contributed by atoms with van der Waals surface area (Å²) in [6.07, 6.45) is 2.98. The largest absolute Gasteiger partial charge is 0.349 e. The van der Waals surface area contributed by atoms with Crippen LogP contribution in [0.3, 0.4) is 0 Å². The maximum absolute atomic E-state index is 11.6. The molecular weight excluding hydrogens is 236 g/mol. The van der Waals surface area contributed by atoms with Gasteiger partial charge in [0.1, 0.15) is 0 Å². The molecule has 98 valence electrons. The fourth-order valence-corrected chi connectivity index (χ4v) is 1.88. The minimum Gasteiger partial charge on any atom is -0.349 e. The Morgan fingerprint density at radius 1 is 1.11 bits per heavy atom. The zero-order valence-corrected chi connectivity index (χ0v) is 11.3. The fourth-order valence-electron chi connectivity index (χ4n) is 1.88. The van der Waals surface area contributed by atoms with Gasteiger partial charge in [0.2, 0.25) is 5.91 Å². The number of hydrogen-bond acceptors (Lipinski definition) is 2. The van der Waals surface area contributed by atoms with Crippen molar-refractivity contribution in [3.05, 3.63) is 54.4 Å². The van der Waals surface area contributed by atoms with Crippen LogP contribution < -0.4 is 0 Å². The lowest BCUT2D eigenvalue weighted by Crippen LogP contribution is -2.21. The van der Waals surface area contributed by atoms with Crippen molar-refractivity contribution in [2.75, 3.05) is 14.1 Å². The normalized spacial score (nSPS) is 10.2. The standard InChI is InChI=1S/C16H18N2O/c1-18(2)16(19)9-8-15-12-14(10-11-17-15)13-6-4-3-5-7-13/h3-7,10-12H,8-9H2,1-2H3. The van der Waals surface area contributed by atoms with Crippen molar-refractivity contribution in [3.63, 3.8) is 0 Å². The molecule has 1 heterocycles. The van der Waals surface area contributed by atoms with Gasteiger partial charge in [-0.15, -0.1) is 0 Å². The first kappa shape index (κ1) is 13.3. The number of hydrogen-bond donors (Lipinski definition) is 0. The molecule has 0 N–H and O–H groups in total. The van der Waals surface area contributed by atoms with E-state index in [0.29, 0.717) is 12.8 Å². The molecule has 1 aromatic heterocycles. The molecule has 1 aromatic carbocycles. The van der Waals surface area contributed by atoms with Gasteiger partial charge in [-0.1, -0.05) is 30.3 Å². The Bertz CT molecular complexity index is 550. The molecule has 0 unspecified atom stereocenters. The molecule has 3 nitrogen and oxygen atoms in total. The van der Waals surface area contributed by atoms with Crippen molar-refractivity contribution in [2.45, 2.75) is 12.8 Å². The molecule has 0 atom stereocenters. The SMILES string of the molecule is CN(C)C(=O)CCc1cc(-c2ccccc2)ccn1. The van der Waals surface area contributed by atoms with E-state index < -0.39 is 0 Å². The average molecular weight is 254 g/mol. The zero-order chi connectivity index (χ0) is 13.7. The average Bonchev–Trinajstić information content (AvgIpc) is 2.46. The van der Waals surface area contributed by atoms with E-state index in [4.69, 9.17) is 0 Å². The summed E-state index contributed by atoms with van der Waals surface area (Å²) < 4.78 is 0. The number of nitrogens with zero attached hydrogens (tertiary/aromatic N) is 2. The summed E-state index contributed by atoms with van der Waals surface area (Å²) in [5.74, 6) is 0.131. The predicted molar refractivity (Wildman–Crippen MR) is 76.7 cm³/mol. The quantitative estimate of drug-likeness (QED) is 0.840. The van der Waals surface area contributed by atoms with Gasteiger partial charge in [0.05, 0.1) is 0 Å². The third kappa shape index (κ3) is 3.65. The van der Waals surface area contributed by atoms with Crippen molar-refractivity contribution < 1.29 is 4.79 Å². The summed E-state index contributed by atoms with van der Waals surface area (Å²) in [5.41, 5.74) is 3.27. The summed E-state index contributed by atoms with van der Waals surface area (Å²) in [5, 5.41) is 0. The fraction of sp³-hybridized carbons (Fsp3) is 0.250. The Hall–Kier alpha value is -2.16. The first-order valence-corrected chi connectivity index (χ1v) is 6.37. The number of amides is 1. The van der Waals surface area contributed by atoms with Crippen LogP contribution in [0.5, 0.6) is 0 Å². The zero-order valence-electron chi connectivity index (χ0n) is 11.3. The highest BCUT2D eigenvalue weighted by Gasteiger charge is 2.06. The minimum atomic E-state index is 0.131. The van der Waals surface area contributed by atoms with E-state index in [1.165, 1.54) is 5.56 Å². The lowest BCUT2D eigenvalue weighted by molar-refractivity contribution is -0.128. The molecular formula is C16H18N2O. The van der Waals surface area contributed by atoms with Gasteiger partial charge in [-0.05, 0) is 29.7 Å². The van der Waals surface area contributed by atoms with E-state index in [0.717, 1.165) is 11.3 Å². The maximum Gasteiger partial charge on any atom is 0.222 e. The molecule has 3 heteroatoms. The second-order valence-electron chi connectivity index (χ2n) is 4.69. The molecule has 0 radical (unpaired) electrons. The van der Waals surface area contributed by atoms with E-state index in [-0.39, 0.29) is 5.91 Å². The molecule has 1 amide bonds. The van der Waals surface area contributed by atoms with E-state index in [2.05, 4.69) is 23.2 Å². The van der Waals surface area contributed by atoms with Crippen LogP contribution in [0.15, 0.2) is 48.7 Å². The minimum absolute atomic E-state index is 0.131. The van der Waals surface area contributed by atoms with Crippen molar-refractivity contribution in [3.8, 4) is 11.1 Å². The number of carbonyl (C=O) groups excluding carboxylic acids is 1. The van der Waals surface area contributed by atoms with Crippen LogP contribution in [-0.2, 0) is 11.2 Å². The molecule has 0 aliphatic carbocycles. The van der Waals surface area contributed by atoms with Crippen LogP contribution in [0.25, 0.3) is 11.1 Å². The molecule has 2 rings (SSSR count). The van der Waals surface area contributed by atoms with Crippen molar-refractivity contribution in [2.24, 2.45) is 0 Å². The number of benzene rings is 1. The molecule has 0 bridgehead atoms. The third-order valence-electron chi connectivity index (χ3n) is 3.02. The molecule has 2 aromatic rings. The lowest BCUT2D eigenvalue weighted by atomic mass is 10.1. The van der Waals surface area contributed by atoms with Crippen LogP contribution in [0, 0.1) is 0 Å². The second kappa shape index (κ2) is 6.14. The molecule has 19 heavy (non-hydrogen) atoms. The van der Waals surface area contributed by atoms with Crippen LogP contribution in [0.4, 0.5) is 0 Å². The van der Waals surface area contributed by atoms with Crippen LogP contribution >= 0.6 is 0 Å². The van der Waals surface area contributed by atoms with Gasteiger partial charge in [-0.2, -0.15) is 0 Å². The van der Waals surface area contributed by atoms with Gasteiger partial charge >= 0.3 is 0 Å². The Morgan fingerprint density at radius 3 is 2.53 bits per heavy atom. The summed E-state index contributed by atoms with van der Waals surface area (Å²) >= 11 is 0. The Morgan fingerprint density at radius 2 is 1.84 bits per heavy atom. The monoisotopic (exact) mass is 254 g/mol. The summed E-state index contributed by atoms with van der Waals surface area (Å²) in [6, 6.07) is 14.2. The second-order valence-corrected chi connectivity index (χ2v) is 4.69. The maximum atomic E-state index is 11.6. The lowest BCUT2D eigenvalue weighted by Gasteiger charge is -2.10. The number of aromatic nitrogens is 1. The molecule has 0 aliphatic rings. The van der Waals surface area contributed by atoms with Crippen molar-refractivity contribution in [1.82, 2.24) is 9.88 Å². The van der Waals surface area contributed by atoms with Crippen molar-refractivity contribution >= 4 is 5.91 Å². The number of carbonyl (C=O) groups is 1. The van der Waals surface area contributed by atoms with E-state index in [1.807, 2.05) is 24.3 Å².